The topological polar surface area (TPSA) is 65.2 Å². The van der Waals surface area contributed by atoms with Gasteiger partial charge in [0.05, 0.1) is 6.20 Å². The van der Waals surface area contributed by atoms with Crippen LogP contribution in [0, 0.1) is 17.2 Å². The van der Waals surface area contributed by atoms with Crippen LogP contribution in [0.25, 0.3) is 0 Å². The molecule has 6 heteroatoms. The van der Waals surface area contributed by atoms with E-state index in [-0.39, 0.29) is 16.4 Å². The molecule has 1 unspecified atom stereocenters. The van der Waals surface area contributed by atoms with Crippen molar-refractivity contribution >= 4 is 23.6 Å². The molecule has 2 aliphatic heterocycles. The summed E-state index contributed by atoms with van der Waals surface area (Å²) in [6.07, 6.45) is 8.05. The summed E-state index contributed by atoms with van der Waals surface area (Å²) in [5.41, 5.74) is 0.774. The molecule has 0 spiro atoms. The highest BCUT2D eigenvalue weighted by Crippen LogP contribution is 2.46. The molecule has 2 saturated heterocycles. The van der Waals surface area contributed by atoms with Crippen molar-refractivity contribution in [2.45, 2.75) is 57.5 Å². The molecular weight excluding hydrogens is 310 g/mol. The Hall–Kier alpha value is -1.51. The maximum absolute atomic E-state index is 9.14. The molecule has 3 rings (SSSR count). The van der Waals surface area contributed by atoms with Gasteiger partial charge in [-0.25, -0.2) is 9.98 Å². The Morgan fingerprint density at radius 3 is 2.96 bits per heavy atom. The second kappa shape index (κ2) is 5.85. The van der Waals surface area contributed by atoms with Crippen LogP contribution in [0.3, 0.4) is 0 Å². The summed E-state index contributed by atoms with van der Waals surface area (Å²) in [5, 5.41) is 9.26. The van der Waals surface area contributed by atoms with Crippen molar-refractivity contribution in [3.8, 4) is 6.07 Å². The minimum atomic E-state index is 0.119. The van der Waals surface area contributed by atoms with Crippen LogP contribution in [-0.2, 0) is 0 Å². The first-order chi connectivity index (χ1) is 10.8. The van der Waals surface area contributed by atoms with Crippen molar-refractivity contribution in [3.05, 3.63) is 17.0 Å². The van der Waals surface area contributed by atoms with Gasteiger partial charge in [0.2, 0.25) is 5.28 Å². The van der Waals surface area contributed by atoms with E-state index in [0.717, 1.165) is 12.8 Å². The molecule has 0 radical (unpaired) electrons. The van der Waals surface area contributed by atoms with Gasteiger partial charge < -0.3 is 0 Å². The normalized spacial score (nSPS) is 30.3. The number of hydrogen-bond donors (Lipinski definition) is 0. The van der Waals surface area contributed by atoms with Crippen LogP contribution in [0.15, 0.2) is 11.2 Å². The highest BCUT2D eigenvalue weighted by atomic mass is 35.5. The third-order valence-corrected chi connectivity index (χ3v) is 5.39. The second-order valence-corrected chi connectivity index (χ2v) is 7.84. The number of hydrogen-bond acceptors (Lipinski definition) is 5. The number of aliphatic imine (C=N–C) groups is 1. The maximum atomic E-state index is 9.14. The lowest BCUT2D eigenvalue weighted by molar-refractivity contribution is -0.0154. The fourth-order valence-corrected chi connectivity index (χ4v) is 4.60. The minimum Gasteiger partial charge on any atom is -0.293 e. The smallest absolute Gasteiger partial charge is 0.224 e. The average Bonchev–Trinajstić information content (AvgIpc) is 2.87. The largest absolute Gasteiger partial charge is 0.293 e. The molecule has 0 aliphatic carbocycles. The monoisotopic (exact) mass is 331 g/mol. The van der Waals surface area contributed by atoms with Crippen LogP contribution < -0.4 is 0 Å². The number of aromatic nitrogens is 2. The third kappa shape index (κ3) is 3.11. The number of nitrogens with zero attached hydrogens (tertiary/aromatic N) is 5. The standard InChI is InChI=1S/C17H22ClN5/c1-16(2)7-12(8-17(3)5-4-6-23(16)17)10-20-14-13(9-19)11-21-15(18)22-14/h10-12H,4-8H2,1-3H3/t12?,17-/m0/s1. The Bertz CT molecular complexity index is 678. The minimum absolute atomic E-state index is 0.119. The Morgan fingerprint density at radius 1 is 1.43 bits per heavy atom. The van der Waals surface area contributed by atoms with Crippen molar-refractivity contribution in [2.24, 2.45) is 10.9 Å². The molecule has 1 aromatic heterocycles. The predicted molar refractivity (Wildman–Crippen MR) is 91.1 cm³/mol. The zero-order valence-corrected chi connectivity index (χ0v) is 14.6. The van der Waals surface area contributed by atoms with Gasteiger partial charge >= 0.3 is 0 Å². The average molecular weight is 332 g/mol. The van der Waals surface area contributed by atoms with Gasteiger partial charge in [-0.05, 0) is 70.5 Å². The van der Waals surface area contributed by atoms with Crippen LogP contribution >= 0.6 is 11.6 Å². The van der Waals surface area contributed by atoms with E-state index in [1.54, 1.807) is 0 Å². The molecule has 0 bridgehead atoms. The Balaban J connectivity index is 1.84. The summed E-state index contributed by atoms with van der Waals surface area (Å²) in [4.78, 5) is 15.0. The Morgan fingerprint density at radius 2 is 2.22 bits per heavy atom. The summed E-state index contributed by atoms with van der Waals surface area (Å²) >= 11 is 5.82. The Kier molecular flexibility index (Phi) is 4.16. The second-order valence-electron chi connectivity index (χ2n) is 7.50. The molecule has 2 aliphatic rings. The van der Waals surface area contributed by atoms with Crippen molar-refractivity contribution in [3.63, 3.8) is 0 Å². The van der Waals surface area contributed by atoms with Crippen LogP contribution in [0.4, 0.5) is 5.82 Å². The predicted octanol–water partition coefficient (Wildman–Crippen LogP) is 3.75. The molecule has 0 N–H and O–H groups in total. The van der Waals surface area contributed by atoms with Crippen LogP contribution in [0.2, 0.25) is 5.28 Å². The van der Waals surface area contributed by atoms with E-state index in [4.69, 9.17) is 16.9 Å². The third-order valence-electron chi connectivity index (χ3n) is 5.21. The van der Waals surface area contributed by atoms with Crippen molar-refractivity contribution < 1.29 is 0 Å². The van der Waals surface area contributed by atoms with Gasteiger partial charge in [-0.2, -0.15) is 10.2 Å². The van der Waals surface area contributed by atoms with Gasteiger partial charge in [0.1, 0.15) is 11.6 Å². The first-order valence-corrected chi connectivity index (χ1v) is 8.46. The molecule has 0 amide bonds. The number of fused-ring (bicyclic) bond motifs is 1. The molecule has 122 valence electrons. The van der Waals surface area contributed by atoms with E-state index in [0.29, 0.717) is 17.3 Å². The van der Waals surface area contributed by atoms with E-state index in [1.807, 2.05) is 6.21 Å². The van der Waals surface area contributed by atoms with Gasteiger partial charge in [-0.15, -0.1) is 0 Å². The van der Waals surface area contributed by atoms with Crippen molar-refractivity contribution in [2.75, 3.05) is 6.54 Å². The summed E-state index contributed by atoms with van der Waals surface area (Å²) in [7, 11) is 0. The van der Waals surface area contributed by atoms with Crippen molar-refractivity contribution in [1.82, 2.24) is 14.9 Å². The fourth-order valence-electron chi connectivity index (χ4n) is 4.47. The first-order valence-electron chi connectivity index (χ1n) is 8.09. The van der Waals surface area contributed by atoms with E-state index in [9.17, 15) is 0 Å². The summed E-state index contributed by atoms with van der Waals surface area (Å²) in [5.74, 6) is 0.744. The van der Waals surface area contributed by atoms with Gasteiger partial charge in [0.15, 0.2) is 5.82 Å². The lowest BCUT2D eigenvalue weighted by atomic mass is 9.74. The van der Waals surface area contributed by atoms with E-state index in [1.165, 1.54) is 25.6 Å². The molecule has 0 aromatic carbocycles. The quantitative estimate of drug-likeness (QED) is 0.611. The fraction of sp³-hybridized carbons (Fsp3) is 0.647. The number of halogens is 1. The van der Waals surface area contributed by atoms with E-state index >= 15 is 0 Å². The lowest BCUT2D eigenvalue weighted by Crippen LogP contribution is -2.58. The van der Waals surface area contributed by atoms with Gasteiger partial charge in [-0.3, -0.25) is 4.90 Å². The van der Waals surface area contributed by atoms with Gasteiger partial charge in [0, 0.05) is 17.3 Å². The first kappa shape index (κ1) is 16.4. The SMILES string of the molecule is CC1(C)CC(C=Nc2nc(Cl)ncc2C#N)C[C@]2(C)CCCN12. The van der Waals surface area contributed by atoms with E-state index in [2.05, 4.69) is 46.7 Å². The molecule has 0 saturated carbocycles. The molecular formula is C17H22ClN5. The van der Waals surface area contributed by atoms with Crippen LogP contribution in [0.1, 0.15) is 52.0 Å². The molecule has 23 heavy (non-hydrogen) atoms. The van der Waals surface area contributed by atoms with Crippen molar-refractivity contribution in [1.29, 1.82) is 5.26 Å². The number of piperidine rings is 1. The Labute approximate surface area is 142 Å². The zero-order valence-electron chi connectivity index (χ0n) is 13.9. The summed E-state index contributed by atoms with van der Waals surface area (Å²) in [6, 6.07) is 2.07. The number of rotatable bonds is 2. The maximum Gasteiger partial charge on any atom is 0.224 e. The summed E-state index contributed by atoms with van der Waals surface area (Å²) in [6.45, 7) is 8.19. The van der Waals surface area contributed by atoms with Gasteiger partial charge in [-0.1, -0.05) is 0 Å². The zero-order chi connectivity index (χ0) is 16.7. The molecule has 3 heterocycles. The lowest BCUT2D eigenvalue weighted by Gasteiger charge is -2.52. The van der Waals surface area contributed by atoms with Crippen LogP contribution in [0.5, 0.6) is 0 Å². The highest BCUT2D eigenvalue weighted by Gasteiger charge is 2.49. The molecule has 5 nitrogen and oxygen atoms in total. The van der Waals surface area contributed by atoms with Crippen LogP contribution in [-0.4, -0.2) is 38.7 Å². The van der Waals surface area contributed by atoms with E-state index < -0.39 is 0 Å². The van der Waals surface area contributed by atoms with Gasteiger partial charge in [0.25, 0.3) is 0 Å². The molecule has 1 aromatic rings. The molecule has 2 fully saturated rings. The number of nitriles is 1. The highest BCUT2D eigenvalue weighted by molar-refractivity contribution is 6.28. The molecule has 2 atom stereocenters. The summed E-state index contributed by atoms with van der Waals surface area (Å²) < 4.78 is 0.